The molecule has 0 aromatic carbocycles. The number of unbranched alkanes of at least 4 members (excludes halogenated alkanes) is 9. The van der Waals surface area contributed by atoms with Crippen LogP contribution in [0.1, 0.15) is 84.0 Å². The van der Waals surface area contributed by atoms with Crippen LogP contribution in [-0.2, 0) is 4.74 Å². The molecule has 0 atom stereocenters. The Balaban J connectivity index is 3.41. The Kier molecular flexibility index (Phi) is 23.8. The van der Waals surface area contributed by atoms with Crippen LogP contribution in [0.5, 0.6) is 0 Å². The van der Waals surface area contributed by atoms with Crippen molar-refractivity contribution in [3.8, 4) is 0 Å². The number of hydrogen-bond donors (Lipinski definition) is 2. The van der Waals surface area contributed by atoms with Crippen LogP contribution in [0.25, 0.3) is 0 Å². The highest BCUT2D eigenvalue weighted by Gasteiger charge is 2.03. The molecule has 0 aromatic rings. The molecule has 2 N–H and O–H groups in total. The van der Waals surface area contributed by atoms with Crippen LogP contribution in [-0.4, -0.2) is 61.2 Å². The summed E-state index contributed by atoms with van der Waals surface area (Å²) < 4.78 is 5.31. The van der Waals surface area contributed by atoms with Crippen molar-refractivity contribution < 1.29 is 14.9 Å². The highest BCUT2D eigenvalue weighted by atomic mass is 16.5. The number of aliphatic hydroxyl groups excluding tert-OH is 2. The fraction of sp³-hybridized carbons (Fsp3) is 0.833. The van der Waals surface area contributed by atoms with Crippen LogP contribution in [0, 0.1) is 0 Å². The molecule has 0 bridgehead atoms. The maximum atomic E-state index is 9.14. The van der Waals surface area contributed by atoms with Gasteiger partial charge in [-0.15, -0.1) is 0 Å². The Hall–Kier alpha value is -0.680. The summed E-state index contributed by atoms with van der Waals surface area (Å²) >= 11 is 0. The third kappa shape index (κ3) is 21.6. The van der Waals surface area contributed by atoms with Gasteiger partial charge in [0, 0.05) is 13.1 Å². The molecule has 0 rings (SSSR count). The van der Waals surface area contributed by atoms with Crippen molar-refractivity contribution in [1.29, 1.82) is 0 Å². The van der Waals surface area contributed by atoms with Gasteiger partial charge in [0.25, 0.3) is 0 Å². The van der Waals surface area contributed by atoms with E-state index >= 15 is 0 Å². The molecule has 28 heavy (non-hydrogen) atoms. The van der Waals surface area contributed by atoms with E-state index in [1.165, 1.54) is 70.6 Å². The molecule has 0 aliphatic carbocycles. The molecule has 0 saturated heterocycles. The topological polar surface area (TPSA) is 52.9 Å². The van der Waals surface area contributed by atoms with E-state index in [1.54, 1.807) is 0 Å². The number of aliphatic hydroxyl groups is 2. The third-order valence-corrected chi connectivity index (χ3v) is 4.88. The van der Waals surface area contributed by atoms with Gasteiger partial charge in [-0.2, -0.15) is 0 Å². The smallest absolute Gasteiger partial charge is 0.0698 e. The van der Waals surface area contributed by atoms with Gasteiger partial charge >= 0.3 is 0 Å². The minimum absolute atomic E-state index is 0.0754. The van der Waals surface area contributed by atoms with E-state index in [2.05, 4.69) is 36.1 Å². The molecular weight excluding hydrogens is 350 g/mol. The van der Waals surface area contributed by atoms with Crippen molar-refractivity contribution in [1.82, 2.24) is 4.90 Å². The minimum atomic E-state index is 0.0754. The Morgan fingerprint density at radius 1 is 0.643 bits per heavy atom. The lowest BCUT2D eigenvalue weighted by Crippen LogP contribution is -2.31. The second-order valence-electron chi connectivity index (χ2n) is 7.49. The fourth-order valence-electron chi connectivity index (χ4n) is 3.16. The Labute approximate surface area is 174 Å². The van der Waals surface area contributed by atoms with Gasteiger partial charge in [-0.25, -0.2) is 0 Å². The van der Waals surface area contributed by atoms with Gasteiger partial charge in [-0.3, -0.25) is 4.90 Å². The lowest BCUT2D eigenvalue weighted by molar-refractivity contribution is 0.0689. The molecule has 0 unspecified atom stereocenters. The number of ether oxygens (including phenoxy) is 1. The predicted molar refractivity (Wildman–Crippen MR) is 121 cm³/mol. The number of hydrogen-bond acceptors (Lipinski definition) is 4. The van der Waals surface area contributed by atoms with Crippen LogP contribution in [0.3, 0.4) is 0 Å². The molecule has 4 heteroatoms. The van der Waals surface area contributed by atoms with E-state index in [0.29, 0.717) is 19.8 Å². The normalized spacial score (nSPS) is 12.1. The zero-order valence-electron chi connectivity index (χ0n) is 18.5. The zero-order chi connectivity index (χ0) is 20.5. The van der Waals surface area contributed by atoms with E-state index < -0.39 is 0 Å². The highest BCUT2D eigenvalue weighted by molar-refractivity contribution is 4.92. The average molecular weight is 398 g/mol. The van der Waals surface area contributed by atoms with Gasteiger partial charge in [0.1, 0.15) is 0 Å². The van der Waals surface area contributed by atoms with Crippen LogP contribution >= 0.6 is 0 Å². The molecule has 0 aliphatic heterocycles. The summed E-state index contributed by atoms with van der Waals surface area (Å²) in [5, 5.41) is 17.9. The third-order valence-electron chi connectivity index (χ3n) is 4.88. The number of rotatable bonds is 22. The Morgan fingerprint density at radius 2 is 1.29 bits per heavy atom. The van der Waals surface area contributed by atoms with Crippen molar-refractivity contribution in [2.24, 2.45) is 0 Å². The first-order valence-electron chi connectivity index (χ1n) is 11.7. The van der Waals surface area contributed by atoms with Crippen molar-refractivity contribution >= 4 is 0 Å². The quantitative estimate of drug-likeness (QED) is 0.197. The van der Waals surface area contributed by atoms with Crippen LogP contribution in [0.15, 0.2) is 24.3 Å². The second-order valence-corrected chi connectivity index (χ2v) is 7.49. The monoisotopic (exact) mass is 397 g/mol. The van der Waals surface area contributed by atoms with Gasteiger partial charge in [0.15, 0.2) is 0 Å². The fourth-order valence-corrected chi connectivity index (χ4v) is 3.16. The van der Waals surface area contributed by atoms with E-state index in [0.717, 1.165) is 19.5 Å². The van der Waals surface area contributed by atoms with Crippen molar-refractivity contribution in [2.45, 2.75) is 84.0 Å². The molecule has 0 fully saturated rings. The lowest BCUT2D eigenvalue weighted by Gasteiger charge is -2.21. The summed E-state index contributed by atoms with van der Waals surface area (Å²) in [4.78, 5) is 2.25. The summed E-state index contributed by atoms with van der Waals surface area (Å²) in [6, 6.07) is 0. The van der Waals surface area contributed by atoms with Gasteiger partial charge in [0.2, 0.25) is 0 Å². The maximum Gasteiger partial charge on any atom is 0.0698 e. The van der Waals surface area contributed by atoms with Crippen LogP contribution in [0.4, 0.5) is 0 Å². The predicted octanol–water partition coefficient (Wildman–Crippen LogP) is 5.10. The largest absolute Gasteiger partial charge is 0.395 e. The zero-order valence-corrected chi connectivity index (χ0v) is 18.5. The van der Waals surface area contributed by atoms with Crippen LogP contribution < -0.4 is 0 Å². The first kappa shape index (κ1) is 27.3. The van der Waals surface area contributed by atoms with Gasteiger partial charge < -0.3 is 14.9 Å². The molecule has 4 nitrogen and oxygen atoms in total. The summed E-state index contributed by atoms with van der Waals surface area (Å²) in [6.45, 7) is 6.12. The summed E-state index contributed by atoms with van der Waals surface area (Å²) in [7, 11) is 0. The summed E-state index contributed by atoms with van der Waals surface area (Å²) in [6.07, 6.45) is 24.5. The molecule has 0 aromatic heterocycles. The summed E-state index contributed by atoms with van der Waals surface area (Å²) in [5.74, 6) is 0. The molecule has 0 spiro atoms. The van der Waals surface area contributed by atoms with Gasteiger partial charge in [-0.1, -0.05) is 69.8 Å². The number of allylic oxidation sites excluding steroid dienone is 4. The highest BCUT2D eigenvalue weighted by Crippen LogP contribution is 2.09. The van der Waals surface area contributed by atoms with Gasteiger partial charge in [-0.05, 0) is 45.1 Å². The first-order valence-corrected chi connectivity index (χ1v) is 11.7. The Morgan fingerprint density at radius 3 is 1.93 bits per heavy atom. The van der Waals surface area contributed by atoms with E-state index in [9.17, 15) is 0 Å². The number of nitrogens with zero attached hydrogens (tertiary/aromatic N) is 1. The average Bonchev–Trinajstić information content (AvgIpc) is 2.70. The standard InChI is InChI=1S/C24H47NO3/c1-2-3-4-5-6-7-8-9-10-11-12-13-14-15-16-17-18-25(19-21-26)20-23-28-24-22-27/h6-7,9-10,26-27H,2-5,8,11-24H2,1H3/b7-6-,10-9-. The molecule has 0 aliphatic rings. The molecule has 0 radical (unpaired) electrons. The summed E-state index contributed by atoms with van der Waals surface area (Å²) in [5.41, 5.74) is 0. The van der Waals surface area contributed by atoms with E-state index in [-0.39, 0.29) is 13.2 Å². The molecule has 166 valence electrons. The van der Waals surface area contributed by atoms with E-state index in [1.807, 2.05) is 0 Å². The van der Waals surface area contributed by atoms with Crippen molar-refractivity contribution in [3.05, 3.63) is 24.3 Å². The van der Waals surface area contributed by atoms with Crippen molar-refractivity contribution in [3.63, 3.8) is 0 Å². The SMILES string of the molecule is CCCCC/C=C\C/C=C\CCCCCCCCN(CCO)CCOCCO. The molecule has 0 amide bonds. The molecule has 0 heterocycles. The Bertz CT molecular complexity index is 345. The van der Waals surface area contributed by atoms with Crippen LogP contribution in [0.2, 0.25) is 0 Å². The molecule has 0 saturated carbocycles. The second kappa shape index (κ2) is 24.4. The van der Waals surface area contributed by atoms with E-state index in [4.69, 9.17) is 14.9 Å². The lowest BCUT2D eigenvalue weighted by atomic mass is 10.1. The maximum absolute atomic E-state index is 9.14. The van der Waals surface area contributed by atoms with Crippen molar-refractivity contribution in [2.75, 3.05) is 46.1 Å². The first-order chi connectivity index (χ1) is 13.8. The molecular formula is C24H47NO3. The van der Waals surface area contributed by atoms with Gasteiger partial charge in [0.05, 0.1) is 26.4 Å². The minimum Gasteiger partial charge on any atom is -0.395 e.